The van der Waals surface area contributed by atoms with Crippen molar-refractivity contribution in [3.8, 4) is 5.75 Å². The van der Waals surface area contributed by atoms with E-state index in [1.807, 2.05) is 24.3 Å². The van der Waals surface area contributed by atoms with Gasteiger partial charge in [-0.25, -0.2) is 13.1 Å². The molecule has 0 radical (unpaired) electrons. The maximum Gasteiger partial charge on any atom is 0.244 e. The summed E-state index contributed by atoms with van der Waals surface area (Å²) in [6.07, 6.45) is 3.15. The topological polar surface area (TPSA) is 93.7 Å². The number of rotatable bonds is 10. The molecule has 0 unspecified atom stereocenters. The van der Waals surface area contributed by atoms with E-state index in [2.05, 4.69) is 10.0 Å². The molecule has 2 rings (SSSR count). The maximum atomic E-state index is 12.1. The average Bonchev–Trinajstić information content (AvgIpc) is 2.71. The summed E-state index contributed by atoms with van der Waals surface area (Å²) >= 11 is 0. The van der Waals surface area contributed by atoms with E-state index in [9.17, 15) is 13.2 Å². The second-order valence-electron chi connectivity index (χ2n) is 5.86. The van der Waals surface area contributed by atoms with E-state index in [1.165, 1.54) is 25.3 Å². The van der Waals surface area contributed by atoms with Crippen LogP contribution in [0.1, 0.15) is 11.1 Å². The third kappa shape index (κ3) is 6.80. The van der Waals surface area contributed by atoms with Crippen LogP contribution in [0.5, 0.6) is 5.75 Å². The average molecular weight is 404 g/mol. The Morgan fingerprint density at radius 3 is 2.32 bits per heavy atom. The molecule has 150 valence electrons. The molecule has 2 N–H and O–H groups in total. The van der Waals surface area contributed by atoms with Crippen molar-refractivity contribution in [3.05, 3.63) is 65.7 Å². The zero-order valence-corrected chi connectivity index (χ0v) is 16.7. The zero-order valence-electron chi connectivity index (χ0n) is 15.8. The van der Waals surface area contributed by atoms with Gasteiger partial charge in [0, 0.05) is 26.3 Å². The maximum absolute atomic E-state index is 12.1. The normalized spacial score (nSPS) is 11.5. The molecule has 0 saturated heterocycles. The van der Waals surface area contributed by atoms with Gasteiger partial charge in [-0.2, -0.15) is 0 Å². The van der Waals surface area contributed by atoms with E-state index in [0.29, 0.717) is 13.2 Å². The first kappa shape index (κ1) is 21.6. The summed E-state index contributed by atoms with van der Waals surface area (Å²) < 4.78 is 36.5. The van der Waals surface area contributed by atoms with Crippen LogP contribution in [0.15, 0.2) is 59.5 Å². The Hall–Kier alpha value is -2.68. The quantitative estimate of drug-likeness (QED) is 0.466. The number of hydrogen-bond acceptors (Lipinski definition) is 5. The predicted molar refractivity (Wildman–Crippen MR) is 107 cm³/mol. The molecule has 28 heavy (non-hydrogen) atoms. The minimum atomic E-state index is -3.56. The predicted octanol–water partition coefficient (Wildman–Crippen LogP) is 1.95. The molecule has 0 heterocycles. The Kier molecular flexibility index (Phi) is 8.19. The smallest absolute Gasteiger partial charge is 0.244 e. The fraction of sp³-hybridized carbons (Fsp3) is 0.250. The van der Waals surface area contributed by atoms with Crippen molar-refractivity contribution in [3.63, 3.8) is 0 Å². The molecule has 0 bridgehead atoms. The van der Waals surface area contributed by atoms with Crippen LogP contribution in [0, 0.1) is 0 Å². The van der Waals surface area contributed by atoms with Gasteiger partial charge in [0.25, 0.3) is 0 Å². The lowest BCUT2D eigenvalue weighted by Crippen LogP contribution is -2.27. The van der Waals surface area contributed by atoms with Gasteiger partial charge in [-0.3, -0.25) is 4.79 Å². The summed E-state index contributed by atoms with van der Waals surface area (Å²) in [4.78, 5) is 12.1. The Morgan fingerprint density at radius 1 is 1.04 bits per heavy atom. The molecule has 1 amide bonds. The number of nitrogens with one attached hydrogen (secondary N) is 2. The first-order chi connectivity index (χ1) is 13.4. The highest BCUT2D eigenvalue weighted by Gasteiger charge is 2.12. The highest BCUT2D eigenvalue weighted by Crippen LogP contribution is 2.12. The van der Waals surface area contributed by atoms with Crippen molar-refractivity contribution in [1.82, 2.24) is 10.0 Å². The second kappa shape index (κ2) is 10.6. The molecule has 0 atom stereocenters. The zero-order chi connectivity index (χ0) is 20.4. The molecule has 0 fully saturated rings. The highest BCUT2D eigenvalue weighted by molar-refractivity contribution is 7.89. The van der Waals surface area contributed by atoms with Gasteiger partial charge >= 0.3 is 0 Å². The van der Waals surface area contributed by atoms with E-state index in [4.69, 9.17) is 9.47 Å². The third-order valence-corrected chi connectivity index (χ3v) is 5.32. The van der Waals surface area contributed by atoms with Gasteiger partial charge < -0.3 is 14.8 Å². The van der Waals surface area contributed by atoms with Gasteiger partial charge in [-0.1, -0.05) is 24.3 Å². The molecule has 0 aromatic heterocycles. The lowest BCUT2D eigenvalue weighted by molar-refractivity contribution is -0.116. The van der Waals surface area contributed by atoms with Gasteiger partial charge in [0.1, 0.15) is 5.75 Å². The highest BCUT2D eigenvalue weighted by atomic mass is 32.2. The SMILES string of the molecule is COCCNS(=O)(=O)c1ccc(CNC(=O)/C=C/c2ccc(OC)cc2)cc1. The van der Waals surface area contributed by atoms with Gasteiger partial charge in [0.15, 0.2) is 0 Å². The Bertz CT molecular complexity index is 891. The fourth-order valence-electron chi connectivity index (χ4n) is 2.28. The monoisotopic (exact) mass is 404 g/mol. The fourth-order valence-corrected chi connectivity index (χ4v) is 3.30. The number of amides is 1. The minimum absolute atomic E-state index is 0.165. The first-order valence-corrected chi connectivity index (χ1v) is 10.1. The minimum Gasteiger partial charge on any atom is -0.497 e. The van der Waals surface area contributed by atoms with Crippen LogP contribution in [0.4, 0.5) is 0 Å². The van der Waals surface area contributed by atoms with Crippen molar-refractivity contribution in [2.75, 3.05) is 27.4 Å². The van der Waals surface area contributed by atoms with Crippen LogP contribution < -0.4 is 14.8 Å². The number of ether oxygens (including phenoxy) is 2. The molecule has 7 nitrogen and oxygen atoms in total. The summed E-state index contributed by atoms with van der Waals surface area (Å²) in [7, 11) is -0.463. The van der Waals surface area contributed by atoms with E-state index < -0.39 is 10.0 Å². The molecule has 0 aliphatic rings. The molecule has 0 saturated carbocycles. The molecule has 0 spiro atoms. The van der Waals surface area contributed by atoms with Crippen molar-refractivity contribution in [2.45, 2.75) is 11.4 Å². The lowest BCUT2D eigenvalue weighted by Gasteiger charge is -2.08. The number of methoxy groups -OCH3 is 2. The standard InChI is InChI=1S/C20H24N2O5S/c1-26-14-13-22-28(24,25)19-10-5-17(6-11-19)15-21-20(23)12-7-16-3-8-18(27-2)9-4-16/h3-12,22H,13-15H2,1-2H3,(H,21,23)/b12-7+. The van der Waals surface area contributed by atoms with Crippen LogP contribution in [0.25, 0.3) is 6.08 Å². The first-order valence-electron chi connectivity index (χ1n) is 8.62. The second-order valence-corrected chi connectivity index (χ2v) is 7.63. The number of hydrogen-bond donors (Lipinski definition) is 2. The van der Waals surface area contributed by atoms with Gasteiger partial charge in [-0.05, 0) is 41.5 Å². The van der Waals surface area contributed by atoms with Crippen molar-refractivity contribution >= 4 is 22.0 Å². The molecular formula is C20H24N2O5S. The molecule has 2 aromatic carbocycles. The third-order valence-electron chi connectivity index (χ3n) is 3.84. The Morgan fingerprint density at radius 2 is 1.71 bits per heavy atom. The van der Waals surface area contributed by atoms with E-state index in [-0.39, 0.29) is 17.3 Å². The van der Waals surface area contributed by atoms with Gasteiger partial charge in [0.05, 0.1) is 18.6 Å². The summed E-state index contributed by atoms with van der Waals surface area (Å²) in [5.74, 6) is 0.509. The van der Waals surface area contributed by atoms with Crippen LogP contribution in [-0.2, 0) is 26.1 Å². The number of sulfonamides is 1. The number of carbonyl (C=O) groups is 1. The number of benzene rings is 2. The summed E-state index contributed by atoms with van der Waals surface area (Å²) in [5, 5.41) is 2.76. The van der Waals surface area contributed by atoms with Gasteiger partial charge in [0.2, 0.25) is 15.9 Å². The van der Waals surface area contributed by atoms with Gasteiger partial charge in [-0.15, -0.1) is 0 Å². The molecule has 0 aliphatic heterocycles. The van der Waals surface area contributed by atoms with Crippen molar-refractivity contribution in [1.29, 1.82) is 0 Å². The Balaban J connectivity index is 1.86. The van der Waals surface area contributed by atoms with Crippen molar-refractivity contribution in [2.24, 2.45) is 0 Å². The summed E-state index contributed by atoms with van der Waals surface area (Å²) in [6.45, 7) is 0.799. The van der Waals surface area contributed by atoms with Crippen LogP contribution >= 0.6 is 0 Å². The van der Waals surface area contributed by atoms with Crippen LogP contribution in [0.3, 0.4) is 0 Å². The lowest BCUT2D eigenvalue weighted by atomic mass is 10.2. The van der Waals surface area contributed by atoms with Crippen LogP contribution in [0.2, 0.25) is 0 Å². The van der Waals surface area contributed by atoms with Crippen molar-refractivity contribution < 1.29 is 22.7 Å². The summed E-state index contributed by atoms with van der Waals surface area (Å²) in [6, 6.07) is 13.7. The van der Waals surface area contributed by atoms with Crippen LogP contribution in [-0.4, -0.2) is 41.7 Å². The van der Waals surface area contributed by atoms with E-state index in [1.54, 1.807) is 25.3 Å². The molecule has 8 heteroatoms. The Labute approximate surface area is 165 Å². The molecule has 0 aliphatic carbocycles. The van der Waals surface area contributed by atoms with E-state index >= 15 is 0 Å². The summed E-state index contributed by atoms with van der Waals surface area (Å²) in [5.41, 5.74) is 1.67. The molecule has 2 aromatic rings. The van der Waals surface area contributed by atoms with E-state index in [0.717, 1.165) is 16.9 Å². The molecular weight excluding hydrogens is 380 g/mol. The largest absolute Gasteiger partial charge is 0.497 e. The number of carbonyl (C=O) groups excluding carboxylic acids is 1.